The summed E-state index contributed by atoms with van der Waals surface area (Å²) in [6, 6.07) is 6.63. The van der Waals surface area contributed by atoms with Gasteiger partial charge >= 0.3 is 11.8 Å². The molecule has 0 aliphatic carbocycles. The maximum atomic E-state index is 11.7. The van der Waals surface area contributed by atoms with Crippen molar-refractivity contribution in [2.45, 2.75) is 0 Å². The Kier molecular flexibility index (Phi) is 2.45. The number of hydrogen-bond donors (Lipinski definition) is 0. The number of hydroxylamine groups is 2. The molecule has 1 heterocycles. The lowest BCUT2D eigenvalue weighted by atomic mass is 10.1. The van der Waals surface area contributed by atoms with Gasteiger partial charge in [-0.05, 0) is 12.1 Å². The van der Waals surface area contributed by atoms with Crippen molar-refractivity contribution < 1.29 is 14.4 Å². The van der Waals surface area contributed by atoms with Crippen LogP contribution in [-0.2, 0) is 4.84 Å². The Morgan fingerprint density at radius 1 is 1.20 bits per heavy atom. The third-order valence-electron chi connectivity index (χ3n) is 2.08. The average molecular weight is 203 g/mol. The van der Waals surface area contributed by atoms with E-state index in [1.165, 1.54) is 6.08 Å². The van der Waals surface area contributed by atoms with Crippen LogP contribution in [-0.4, -0.2) is 18.4 Å². The number of fused-ring (bicyclic) bond motifs is 1. The monoisotopic (exact) mass is 203 g/mol. The van der Waals surface area contributed by atoms with E-state index in [4.69, 9.17) is 4.84 Å². The molecular weight excluding hydrogens is 194 g/mol. The number of benzene rings is 1. The molecule has 1 aliphatic heterocycles. The van der Waals surface area contributed by atoms with E-state index in [-0.39, 0.29) is 6.61 Å². The smallest absolute Gasteiger partial charge is 0.215 e. The van der Waals surface area contributed by atoms with Crippen LogP contribution >= 0.6 is 0 Å². The number of amides is 2. The van der Waals surface area contributed by atoms with E-state index >= 15 is 0 Å². The predicted molar refractivity (Wildman–Crippen MR) is 53.4 cm³/mol. The lowest BCUT2D eigenvalue weighted by Gasteiger charge is -1.94. The summed E-state index contributed by atoms with van der Waals surface area (Å²) in [5.41, 5.74) is 0.762. The van der Waals surface area contributed by atoms with Crippen molar-refractivity contribution in [1.82, 2.24) is 5.06 Å². The summed E-state index contributed by atoms with van der Waals surface area (Å²) < 4.78 is 0. The van der Waals surface area contributed by atoms with Crippen molar-refractivity contribution in [3.8, 4) is 0 Å². The average Bonchev–Trinajstić information content (AvgIpc) is 2.51. The molecule has 0 fully saturated rings. The Hall–Kier alpha value is -1.78. The Morgan fingerprint density at radius 3 is 2.20 bits per heavy atom. The molecule has 0 saturated carbocycles. The van der Waals surface area contributed by atoms with E-state index in [1.54, 1.807) is 24.3 Å². The van der Waals surface area contributed by atoms with Crippen LogP contribution in [0.2, 0.25) is 0 Å². The van der Waals surface area contributed by atoms with Crippen LogP contribution in [0.25, 0.3) is 0 Å². The second-order valence-electron chi connectivity index (χ2n) is 3.03. The molecule has 0 atom stereocenters. The first-order chi connectivity index (χ1) is 7.25. The normalized spacial score (nSPS) is 15.5. The highest BCUT2D eigenvalue weighted by Crippen LogP contribution is 2.20. The van der Waals surface area contributed by atoms with Crippen molar-refractivity contribution in [3.05, 3.63) is 48.0 Å². The lowest BCUT2D eigenvalue weighted by molar-refractivity contribution is -0.0207. The van der Waals surface area contributed by atoms with Crippen molar-refractivity contribution in [2.24, 2.45) is 0 Å². The van der Waals surface area contributed by atoms with E-state index in [1.807, 2.05) is 0 Å². The molecule has 1 radical (unpaired) electrons. The standard InChI is InChI=1S/C11H9NO3/c1-2-7-15-12-10(13)8-5-3-4-6-9(8)11(12)14/h2-6H,1,7H2/q+1. The zero-order chi connectivity index (χ0) is 10.8. The number of carbonyl (C=O) groups is 2. The van der Waals surface area contributed by atoms with E-state index in [2.05, 4.69) is 6.58 Å². The summed E-state index contributed by atoms with van der Waals surface area (Å²) in [6.07, 6.45) is 1.48. The number of nitrogens with zero attached hydrogens (tertiary/aromatic N) is 1. The van der Waals surface area contributed by atoms with E-state index < -0.39 is 11.8 Å². The first kappa shape index (κ1) is 9.76. The molecule has 0 N–H and O–H groups in total. The fraction of sp³-hybridized carbons (Fsp3) is 0.0909. The second kappa shape index (κ2) is 3.76. The predicted octanol–water partition coefficient (Wildman–Crippen LogP) is 1.24. The Bertz CT molecular complexity index is 404. The molecule has 0 bridgehead atoms. The fourth-order valence-electron chi connectivity index (χ4n) is 1.41. The van der Waals surface area contributed by atoms with Crippen LogP contribution < -0.4 is 5.06 Å². The SMILES string of the molecule is C=CCO[N+]1C(=O)c2ccccc2C1=O. The van der Waals surface area contributed by atoms with Crippen LogP contribution in [0.1, 0.15) is 20.7 Å². The maximum absolute atomic E-state index is 11.7. The zero-order valence-electron chi connectivity index (χ0n) is 7.97. The van der Waals surface area contributed by atoms with E-state index in [0.29, 0.717) is 11.1 Å². The van der Waals surface area contributed by atoms with Gasteiger partial charge in [-0.2, -0.15) is 0 Å². The van der Waals surface area contributed by atoms with Gasteiger partial charge in [-0.1, -0.05) is 18.2 Å². The van der Waals surface area contributed by atoms with Gasteiger partial charge in [0.15, 0.2) is 0 Å². The molecule has 1 aromatic carbocycles. The second-order valence-corrected chi connectivity index (χ2v) is 3.03. The van der Waals surface area contributed by atoms with Crippen LogP contribution in [0.5, 0.6) is 0 Å². The molecule has 4 nitrogen and oxygen atoms in total. The third-order valence-corrected chi connectivity index (χ3v) is 2.08. The van der Waals surface area contributed by atoms with Crippen molar-refractivity contribution in [3.63, 3.8) is 0 Å². The molecule has 0 aromatic heterocycles. The van der Waals surface area contributed by atoms with Gasteiger partial charge in [0.1, 0.15) is 22.8 Å². The maximum Gasteiger partial charge on any atom is 0.440 e. The van der Waals surface area contributed by atoms with Crippen molar-refractivity contribution in [2.75, 3.05) is 6.61 Å². The van der Waals surface area contributed by atoms with Gasteiger partial charge in [0.05, 0.1) is 0 Å². The Labute approximate surface area is 86.7 Å². The van der Waals surface area contributed by atoms with Crippen LogP contribution in [0.15, 0.2) is 36.9 Å². The quantitative estimate of drug-likeness (QED) is 0.422. The number of rotatable bonds is 3. The summed E-state index contributed by atoms with van der Waals surface area (Å²) in [4.78, 5) is 28.3. The molecule has 2 amide bonds. The molecule has 2 rings (SSSR count). The Balaban J connectivity index is 2.32. The van der Waals surface area contributed by atoms with Gasteiger partial charge < -0.3 is 0 Å². The highest BCUT2D eigenvalue weighted by molar-refractivity contribution is 6.22. The summed E-state index contributed by atoms with van der Waals surface area (Å²) >= 11 is 0. The summed E-state index contributed by atoms with van der Waals surface area (Å²) in [5, 5.41) is 0.770. The van der Waals surface area contributed by atoms with Crippen LogP contribution in [0.3, 0.4) is 0 Å². The van der Waals surface area contributed by atoms with Crippen LogP contribution in [0, 0.1) is 0 Å². The molecule has 1 aliphatic rings. The minimum absolute atomic E-state index is 0.130. The van der Waals surface area contributed by atoms with Crippen LogP contribution in [0.4, 0.5) is 0 Å². The molecule has 0 spiro atoms. The topological polar surface area (TPSA) is 49.3 Å². The minimum Gasteiger partial charge on any atom is -0.215 e. The number of carbonyl (C=O) groups excluding carboxylic acids is 2. The summed E-state index contributed by atoms with van der Waals surface area (Å²) in [7, 11) is 0. The van der Waals surface area contributed by atoms with Crippen molar-refractivity contribution in [1.29, 1.82) is 0 Å². The molecule has 0 unspecified atom stereocenters. The van der Waals surface area contributed by atoms with Gasteiger partial charge in [0.2, 0.25) is 0 Å². The van der Waals surface area contributed by atoms with E-state index in [0.717, 1.165) is 5.06 Å². The summed E-state index contributed by atoms with van der Waals surface area (Å²) in [5.74, 6) is -0.838. The molecule has 15 heavy (non-hydrogen) atoms. The van der Waals surface area contributed by atoms with E-state index in [9.17, 15) is 9.59 Å². The van der Waals surface area contributed by atoms with Gasteiger partial charge in [0, 0.05) is 0 Å². The highest BCUT2D eigenvalue weighted by atomic mass is 16.7. The third kappa shape index (κ3) is 1.49. The summed E-state index contributed by atoms with van der Waals surface area (Å²) in [6.45, 7) is 3.58. The first-order valence-electron chi connectivity index (χ1n) is 4.47. The van der Waals surface area contributed by atoms with Gasteiger partial charge in [-0.3, -0.25) is 0 Å². The van der Waals surface area contributed by atoms with Gasteiger partial charge in [-0.15, -0.1) is 11.4 Å². The molecule has 75 valence electrons. The molecular formula is C11H9NO3+. The molecule has 0 saturated heterocycles. The molecule has 4 heteroatoms. The Morgan fingerprint density at radius 2 is 1.73 bits per heavy atom. The minimum atomic E-state index is -0.419. The fourth-order valence-corrected chi connectivity index (χ4v) is 1.41. The zero-order valence-corrected chi connectivity index (χ0v) is 7.97. The molecule has 1 aromatic rings. The van der Waals surface area contributed by atoms with Gasteiger partial charge in [0.25, 0.3) is 0 Å². The largest absolute Gasteiger partial charge is 0.440 e. The number of hydrogen-bond acceptors (Lipinski definition) is 3. The number of imide groups is 1. The first-order valence-corrected chi connectivity index (χ1v) is 4.47. The highest BCUT2D eigenvalue weighted by Gasteiger charge is 2.50. The van der Waals surface area contributed by atoms with Gasteiger partial charge in [-0.25, -0.2) is 9.59 Å². The lowest BCUT2D eigenvalue weighted by Crippen LogP contribution is -2.36. The van der Waals surface area contributed by atoms with Crippen molar-refractivity contribution >= 4 is 11.8 Å².